The van der Waals surface area contributed by atoms with Crippen molar-refractivity contribution in [3.63, 3.8) is 0 Å². The lowest BCUT2D eigenvalue weighted by molar-refractivity contribution is 0.218. The topological polar surface area (TPSA) is 47.9 Å². The summed E-state index contributed by atoms with van der Waals surface area (Å²) in [5.74, 6) is 3.62. The number of hydrogen-bond donors (Lipinski definition) is 0. The molecule has 1 aromatic rings. The summed E-state index contributed by atoms with van der Waals surface area (Å²) in [5.41, 5.74) is 0.906. The van der Waals surface area contributed by atoms with Gasteiger partial charge in [-0.3, -0.25) is 0 Å². The van der Waals surface area contributed by atoms with Gasteiger partial charge in [0.25, 0.3) is 0 Å². The number of benzene rings is 1. The molecule has 1 saturated heterocycles. The van der Waals surface area contributed by atoms with E-state index in [1.807, 2.05) is 30.0 Å². The molecule has 1 fully saturated rings. The van der Waals surface area contributed by atoms with Gasteiger partial charge in [-0.05, 0) is 29.9 Å². The van der Waals surface area contributed by atoms with E-state index in [0.717, 1.165) is 29.2 Å². The molecule has 2 rings (SSSR count). The van der Waals surface area contributed by atoms with Crippen LogP contribution in [-0.4, -0.2) is 30.8 Å². The number of rotatable bonds is 5. The summed E-state index contributed by atoms with van der Waals surface area (Å²) in [6, 6.07) is 5.61. The molecule has 0 bridgehead atoms. The molecule has 0 saturated carbocycles. The van der Waals surface area contributed by atoms with Crippen LogP contribution in [0.3, 0.4) is 0 Å². The predicted molar refractivity (Wildman–Crippen MR) is 71.2 cm³/mol. The number of nitrogens with zero attached hydrogens (tertiary/aromatic N) is 1. The second-order valence-corrected chi connectivity index (χ2v) is 5.15. The van der Waals surface area contributed by atoms with E-state index in [-0.39, 0.29) is 6.10 Å². The van der Waals surface area contributed by atoms with Gasteiger partial charge in [0.15, 0.2) is 11.5 Å². The third kappa shape index (κ3) is 3.28. The molecule has 0 radical (unpaired) electrons. The Kier molecular flexibility index (Phi) is 4.67. The molecule has 0 N–H and O–H groups in total. The van der Waals surface area contributed by atoms with Crippen LogP contribution in [0.5, 0.6) is 11.5 Å². The van der Waals surface area contributed by atoms with E-state index in [4.69, 9.17) is 9.47 Å². The normalized spacial score (nSPS) is 18.2. The molecule has 18 heavy (non-hydrogen) atoms. The number of ether oxygens (including phenoxy) is 2. The zero-order valence-corrected chi connectivity index (χ0v) is 11.0. The highest BCUT2D eigenvalue weighted by molar-refractivity contribution is 7.99. The minimum atomic E-state index is 0.266. The van der Waals surface area contributed by atoms with Gasteiger partial charge in [0, 0.05) is 5.75 Å². The number of thioether (sulfide) groups is 1. The van der Waals surface area contributed by atoms with Crippen LogP contribution < -0.4 is 9.47 Å². The van der Waals surface area contributed by atoms with E-state index in [0.29, 0.717) is 12.3 Å². The summed E-state index contributed by atoms with van der Waals surface area (Å²) < 4.78 is 11.2. The summed E-state index contributed by atoms with van der Waals surface area (Å²) in [7, 11) is 1.61. The van der Waals surface area contributed by atoms with Gasteiger partial charge in [-0.1, -0.05) is 6.07 Å². The maximum Gasteiger partial charge on any atom is 0.235 e. The van der Waals surface area contributed by atoms with Crippen molar-refractivity contribution in [2.24, 2.45) is 4.99 Å². The SMILES string of the molecule is COc1cc(CN=C=O)ccc1OC1CCSC1. The Hall–Kier alpha value is -1.45. The molecule has 0 aliphatic carbocycles. The third-order valence-corrected chi connectivity index (χ3v) is 3.87. The molecule has 1 aliphatic heterocycles. The van der Waals surface area contributed by atoms with E-state index in [1.54, 1.807) is 7.11 Å². The van der Waals surface area contributed by atoms with E-state index >= 15 is 0 Å². The zero-order chi connectivity index (χ0) is 12.8. The van der Waals surface area contributed by atoms with Crippen molar-refractivity contribution in [3.05, 3.63) is 23.8 Å². The van der Waals surface area contributed by atoms with Crippen molar-refractivity contribution < 1.29 is 14.3 Å². The Morgan fingerprint density at radius 1 is 1.50 bits per heavy atom. The van der Waals surface area contributed by atoms with Gasteiger partial charge in [0.05, 0.1) is 13.7 Å². The summed E-state index contributed by atoms with van der Waals surface area (Å²) in [6.45, 7) is 0.319. The highest BCUT2D eigenvalue weighted by Gasteiger charge is 2.18. The second-order valence-electron chi connectivity index (χ2n) is 4.00. The smallest absolute Gasteiger partial charge is 0.235 e. The van der Waals surface area contributed by atoms with Crippen LogP contribution in [0.1, 0.15) is 12.0 Å². The molecule has 1 aliphatic rings. The van der Waals surface area contributed by atoms with E-state index < -0.39 is 0 Å². The first-order valence-corrected chi connectivity index (χ1v) is 6.94. The lowest BCUT2D eigenvalue weighted by Crippen LogP contribution is -2.15. The lowest BCUT2D eigenvalue weighted by atomic mass is 10.2. The minimum absolute atomic E-state index is 0.266. The van der Waals surface area contributed by atoms with E-state index in [1.165, 1.54) is 6.08 Å². The van der Waals surface area contributed by atoms with Gasteiger partial charge >= 0.3 is 0 Å². The molecule has 1 heterocycles. The quantitative estimate of drug-likeness (QED) is 0.606. The number of aliphatic imine (C=N–C) groups is 1. The predicted octanol–water partition coefficient (Wildman–Crippen LogP) is 2.42. The zero-order valence-electron chi connectivity index (χ0n) is 10.2. The molecule has 96 valence electrons. The van der Waals surface area contributed by atoms with Gasteiger partial charge in [-0.25, -0.2) is 9.79 Å². The molecule has 4 nitrogen and oxygen atoms in total. The Balaban J connectivity index is 2.11. The maximum atomic E-state index is 10.1. The largest absolute Gasteiger partial charge is 0.493 e. The standard InChI is InChI=1S/C13H15NO3S/c1-16-13-6-10(7-14-9-15)2-3-12(13)17-11-4-5-18-8-11/h2-3,6,11H,4-5,7-8H2,1H3. The third-order valence-electron chi connectivity index (χ3n) is 2.74. The summed E-state index contributed by atoms with van der Waals surface area (Å²) in [5, 5.41) is 0. The van der Waals surface area contributed by atoms with Gasteiger partial charge in [-0.15, -0.1) is 0 Å². The van der Waals surface area contributed by atoms with Crippen LogP contribution in [0, 0.1) is 0 Å². The first kappa shape index (κ1) is 13.0. The maximum absolute atomic E-state index is 10.1. The summed E-state index contributed by atoms with van der Waals surface area (Å²) >= 11 is 1.91. The molecule has 1 aromatic carbocycles. The van der Waals surface area contributed by atoms with Crippen molar-refractivity contribution in [1.82, 2.24) is 0 Å². The Labute approximate surface area is 110 Å². The Bertz CT molecular complexity index is 452. The van der Waals surface area contributed by atoms with Gasteiger partial charge in [-0.2, -0.15) is 11.8 Å². The molecule has 5 heteroatoms. The average molecular weight is 265 g/mol. The minimum Gasteiger partial charge on any atom is -0.493 e. The number of carbonyl (C=O) groups excluding carboxylic acids is 1. The molecule has 1 atom stereocenters. The highest BCUT2D eigenvalue weighted by atomic mass is 32.2. The lowest BCUT2D eigenvalue weighted by Gasteiger charge is -2.15. The van der Waals surface area contributed by atoms with Crippen LogP contribution in [0.4, 0.5) is 0 Å². The highest BCUT2D eigenvalue weighted by Crippen LogP contribution is 2.31. The van der Waals surface area contributed by atoms with Crippen LogP contribution >= 0.6 is 11.8 Å². The van der Waals surface area contributed by atoms with Gasteiger partial charge < -0.3 is 9.47 Å². The van der Waals surface area contributed by atoms with E-state index in [9.17, 15) is 4.79 Å². The fraction of sp³-hybridized carbons (Fsp3) is 0.462. The van der Waals surface area contributed by atoms with Crippen LogP contribution in [-0.2, 0) is 11.3 Å². The van der Waals surface area contributed by atoms with Crippen LogP contribution in [0.25, 0.3) is 0 Å². The van der Waals surface area contributed by atoms with Crippen LogP contribution in [0.2, 0.25) is 0 Å². The fourth-order valence-electron chi connectivity index (χ4n) is 1.82. The van der Waals surface area contributed by atoms with Crippen molar-refractivity contribution >= 4 is 17.8 Å². The van der Waals surface area contributed by atoms with Gasteiger partial charge in [0.2, 0.25) is 6.08 Å². The van der Waals surface area contributed by atoms with Crippen molar-refractivity contribution in [2.75, 3.05) is 18.6 Å². The molecule has 0 amide bonds. The molecular formula is C13H15NO3S. The fourth-order valence-corrected chi connectivity index (χ4v) is 2.91. The summed E-state index contributed by atoms with van der Waals surface area (Å²) in [4.78, 5) is 13.6. The summed E-state index contributed by atoms with van der Waals surface area (Å²) in [6.07, 6.45) is 2.87. The molecule has 1 unspecified atom stereocenters. The number of isocyanates is 1. The van der Waals surface area contributed by atoms with Crippen molar-refractivity contribution in [3.8, 4) is 11.5 Å². The first-order chi connectivity index (χ1) is 8.83. The Morgan fingerprint density at radius 3 is 3.06 bits per heavy atom. The second kappa shape index (κ2) is 6.47. The van der Waals surface area contributed by atoms with Crippen molar-refractivity contribution in [1.29, 1.82) is 0 Å². The number of methoxy groups -OCH3 is 1. The van der Waals surface area contributed by atoms with Crippen molar-refractivity contribution in [2.45, 2.75) is 19.1 Å². The molecule has 0 spiro atoms. The monoisotopic (exact) mass is 265 g/mol. The first-order valence-electron chi connectivity index (χ1n) is 5.78. The molecular weight excluding hydrogens is 250 g/mol. The number of hydrogen-bond acceptors (Lipinski definition) is 5. The van der Waals surface area contributed by atoms with Crippen LogP contribution in [0.15, 0.2) is 23.2 Å². The van der Waals surface area contributed by atoms with Gasteiger partial charge in [0.1, 0.15) is 6.10 Å². The van der Waals surface area contributed by atoms with E-state index in [2.05, 4.69) is 4.99 Å². The molecule has 0 aromatic heterocycles. The Morgan fingerprint density at radius 2 is 2.39 bits per heavy atom. The average Bonchev–Trinajstić information content (AvgIpc) is 2.90.